The zero-order valence-corrected chi connectivity index (χ0v) is 19.1. The SMILES string of the molecule is O=C(SCC(SC(=O)c1ccccc1)C(=O)NC(C(=O)O)c1ccsc1)c1ccccc1. The second kappa shape index (κ2) is 11.7. The standard InChI is InChI=1S/C23H19NO5S3/c25-20(24-19(21(26)27)17-11-12-30-13-17)18(32-23(29)16-9-5-2-6-10-16)14-31-22(28)15-7-3-1-4-8-15/h1-13,18-19H,14H2,(H,24,25)(H,26,27). The summed E-state index contributed by atoms with van der Waals surface area (Å²) in [5.41, 5.74) is 1.35. The number of rotatable bonds is 9. The molecular weight excluding hydrogens is 466 g/mol. The summed E-state index contributed by atoms with van der Waals surface area (Å²) in [6.45, 7) is 0. The van der Waals surface area contributed by atoms with Crippen LogP contribution in [0.15, 0.2) is 77.5 Å². The van der Waals surface area contributed by atoms with Gasteiger partial charge in [-0.2, -0.15) is 11.3 Å². The van der Waals surface area contributed by atoms with E-state index in [4.69, 9.17) is 0 Å². The lowest BCUT2D eigenvalue weighted by Gasteiger charge is -2.19. The van der Waals surface area contributed by atoms with E-state index in [0.29, 0.717) is 16.7 Å². The van der Waals surface area contributed by atoms with Crippen LogP contribution in [0.4, 0.5) is 0 Å². The van der Waals surface area contributed by atoms with E-state index in [9.17, 15) is 24.3 Å². The van der Waals surface area contributed by atoms with Crippen molar-refractivity contribution in [2.45, 2.75) is 11.3 Å². The normalized spacial score (nSPS) is 12.5. The highest BCUT2D eigenvalue weighted by Gasteiger charge is 2.30. The molecule has 1 amide bonds. The van der Waals surface area contributed by atoms with Gasteiger partial charge in [0.1, 0.15) is 5.25 Å². The summed E-state index contributed by atoms with van der Waals surface area (Å²) < 4.78 is 0. The molecule has 2 unspecified atom stereocenters. The second-order valence-corrected chi connectivity index (χ2v) is 9.51. The molecule has 0 saturated carbocycles. The summed E-state index contributed by atoms with van der Waals surface area (Å²) in [7, 11) is 0. The highest BCUT2D eigenvalue weighted by Crippen LogP contribution is 2.25. The van der Waals surface area contributed by atoms with Gasteiger partial charge in [0.2, 0.25) is 16.1 Å². The molecule has 0 saturated heterocycles. The molecule has 0 spiro atoms. The average Bonchev–Trinajstić information content (AvgIpc) is 3.35. The number of hydrogen-bond donors (Lipinski definition) is 2. The fourth-order valence-electron chi connectivity index (χ4n) is 2.71. The molecule has 2 aromatic carbocycles. The largest absolute Gasteiger partial charge is 0.479 e. The molecule has 0 radical (unpaired) electrons. The predicted octanol–water partition coefficient (Wildman–Crippen LogP) is 4.51. The molecule has 0 bridgehead atoms. The lowest BCUT2D eigenvalue weighted by molar-refractivity contribution is -0.141. The van der Waals surface area contributed by atoms with Crippen LogP contribution in [-0.4, -0.2) is 38.2 Å². The predicted molar refractivity (Wildman–Crippen MR) is 128 cm³/mol. The van der Waals surface area contributed by atoms with Crippen molar-refractivity contribution in [3.8, 4) is 0 Å². The number of thiophene rings is 1. The molecule has 0 aliphatic carbocycles. The maximum absolute atomic E-state index is 13.0. The quantitative estimate of drug-likeness (QED) is 0.460. The number of carbonyl (C=O) groups excluding carboxylic acids is 3. The Labute approximate surface area is 197 Å². The Bertz CT molecular complexity index is 1070. The maximum Gasteiger partial charge on any atom is 0.330 e. The van der Waals surface area contributed by atoms with Gasteiger partial charge < -0.3 is 10.4 Å². The third-order valence-electron chi connectivity index (χ3n) is 4.34. The van der Waals surface area contributed by atoms with E-state index in [0.717, 1.165) is 23.5 Å². The minimum atomic E-state index is -1.24. The molecule has 9 heteroatoms. The molecule has 0 fully saturated rings. The monoisotopic (exact) mass is 485 g/mol. The molecule has 32 heavy (non-hydrogen) atoms. The number of amides is 1. The number of thioether (sulfide) groups is 2. The van der Waals surface area contributed by atoms with Gasteiger partial charge in [-0.15, -0.1) is 0 Å². The summed E-state index contributed by atoms with van der Waals surface area (Å²) in [5, 5.41) is 13.9. The maximum atomic E-state index is 13.0. The van der Waals surface area contributed by atoms with Crippen molar-refractivity contribution in [3.05, 3.63) is 94.2 Å². The van der Waals surface area contributed by atoms with Gasteiger partial charge in [-0.1, -0.05) is 84.2 Å². The molecule has 3 rings (SSSR count). The number of carboxylic acid groups (broad SMARTS) is 1. The Morgan fingerprint density at radius 3 is 2.00 bits per heavy atom. The van der Waals surface area contributed by atoms with Crippen molar-refractivity contribution >= 4 is 57.0 Å². The Morgan fingerprint density at radius 2 is 1.47 bits per heavy atom. The zero-order valence-electron chi connectivity index (χ0n) is 16.7. The first-order valence-electron chi connectivity index (χ1n) is 9.49. The molecule has 1 aromatic heterocycles. The van der Waals surface area contributed by atoms with Crippen molar-refractivity contribution in [2.24, 2.45) is 0 Å². The summed E-state index contributed by atoms with van der Waals surface area (Å²) in [6, 6.07) is 17.5. The average molecular weight is 486 g/mol. The van der Waals surface area contributed by atoms with E-state index in [1.807, 2.05) is 0 Å². The molecule has 1 heterocycles. The summed E-state index contributed by atoms with van der Waals surface area (Å²) in [4.78, 5) is 49.9. The van der Waals surface area contributed by atoms with E-state index in [1.54, 1.807) is 77.5 Å². The van der Waals surface area contributed by atoms with E-state index in [1.165, 1.54) is 11.3 Å². The highest BCUT2D eigenvalue weighted by atomic mass is 32.2. The molecule has 0 aliphatic rings. The van der Waals surface area contributed by atoms with Crippen molar-refractivity contribution in [3.63, 3.8) is 0 Å². The lowest BCUT2D eigenvalue weighted by Crippen LogP contribution is -2.40. The molecule has 164 valence electrons. The zero-order chi connectivity index (χ0) is 22.9. The first-order valence-corrected chi connectivity index (χ1v) is 12.3. The number of carboxylic acids is 1. The number of carbonyl (C=O) groups is 4. The van der Waals surface area contributed by atoms with Crippen LogP contribution in [0.1, 0.15) is 32.3 Å². The summed E-state index contributed by atoms with van der Waals surface area (Å²) in [6.07, 6.45) is 0. The van der Waals surface area contributed by atoms with Crippen LogP contribution in [0, 0.1) is 0 Å². The van der Waals surface area contributed by atoms with Gasteiger partial charge in [0.15, 0.2) is 6.04 Å². The highest BCUT2D eigenvalue weighted by molar-refractivity contribution is 8.18. The smallest absolute Gasteiger partial charge is 0.330 e. The first kappa shape index (κ1) is 23.8. The minimum Gasteiger partial charge on any atom is -0.479 e. The van der Waals surface area contributed by atoms with Crippen LogP contribution in [0.5, 0.6) is 0 Å². The van der Waals surface area contributed by atoms with E-state index >= 15 is 0 Å². The van der Waals surface area contributed by atoms with Crippen LogP contribution in [0.25, 0.3) is 0 Å². The third kappa shape index (κ3) is 6.56. The van der Waals surface area contributed by atoms with Crippen LogP contribution in [0.2, 0.25) is 0 Å². The van der Waals surface area contributed by atoms with Gasteiger partial charge in [-0.25, -0.2) is 4.79 Å². The number of aliphatic carboxylic acids is 1. The molecule has 0 aliphatic heterocycles. The van der Waals surface area contributed by atoms with Gasteiger partial charge >= 0.3 is 5.97 Å². The fourth-order valence-corrected chi connectivity index (χ4v) is 5.33. The number of nitrogens with one attached hydrogen (secondary N) is 1. The van der Waals surface area contributed by atoms with Crippen LogP contribution in [-0.2, 0) is 9.59 Å². The van der Waals surface area contributed by atoms with Gasteiger partial charge in [0.05, 0.1) is 0 Å². The lowest BCUT2D eigenvalue weighted by atomic mass is 10.1. The van der Waals surface area contributed by atoms with Crippen LogP contribution >= 0.6 is 34.9 Å². The molecule has 6 nitrogen and oxygen atoms in total. The van der Waals surface area contributed by atoms with Gasteiger partial charge in [-0.05, 0) is 22.4 Å². The van der Waals surface area contributed by atoms with Crippen molar-refractivity contribution in [2.75, 3.05) is 5.75 Å². The molecule has 2 atom stereocenters. The van der Waals surface area contributed by atoms with Crippen molar-refractivity contribution in [1.29, 1.82) is 0 Å². The Balaban J connectivity index is 1.75. The summed E-state index contributed by atoms with van der Waals surface area (Å²) >= 11 is 3.02. The van der Waals surface area contributed by atoms with Crippen LogP contribution < -0.4 is 5.32 Å². The van der Waals surface area contributed by atoms with Gasteiger partial charge in [0, 0.05) is 16.9 Å². The minimum absolute atomic E-state index is 0.0127. The second-order valence-electron chi connectivity index (χ2n) is 6.56. The Morgan fingerprint density at radius 1 is 0.875 bits per heavy atom. The molecule has 3 aromatic rings. The Hall–Kier alpha value is -2.88. The van der Waals surface area contributed by atoms with E-state index in [-0.39, 0.29) is 16.0 Å². The van der Waals surface area contributed by atoms with Gasteiger partial charge in [0.25, 0.3) is 0 Å². The third-order valence-corrected chi connectivity index (χ3v) is 7.36. The first-order chi connectivity index (χ1) is 15.5. The topological polar surface area (TPSA) is 101 Å². The number of hydrogen-bond acceptors (Lipinski definition) is 7. The van der Waals surface area contributed by atoms with Gasteiger partial charge in [-0.3, -0.25) is 14.4 Å². The van der Waals surface area contributed by atoms with Crippen molar-refractivity contribution in [1.82, 2.24) is 5.32 Å². The van der Waals surface area contributed by atoms with E-state index < -0.39 is 23.2 Å². The fraction of sp³-hybridized carbons (Fsp3) is 0.130. The van der Waals surface area contributed by atoms with Crippen molar-refractivity contribution < 1.29 is 24.3 Å². The van der Waals surface area contributed by atoms with E-state index in [2.05, 4.69) is 5.32 Å². The number of benzene rings is 2. The Kier molecular flexibility index (Phi) is 8.66. The molecule has 2 N–H and O–H groups in total. The summed E-state index contributed by atoms with van der Waals surface area (Å²) in [5.74, 6) is -1.81. The molecular formula is C23H19NO5S3. The van der Waals surface area contributed by atoms with Crippen LogP contribution in [0.3, 0.4) is 0 Å².